The molecule has 0 bridgehead atoms. The first-order chi connectivity index (χ1) is 17.4. The largest absolute Gasteiger partial charge is 0.494 e. The van der Waals surface area contributed by atoms with Gasteiger partial charge in [-0.3, -0.25) is 14.6 Å². The molecule has 7 nitrogen and oxygen atoms in total. The number of hydrogen-bond donors (Lipinski definition) is 1. The lowest BCUT2D eigenvalue weighted by atomic mass is 9.81. The molecule has 3 heterocycles. The van der Waals surface area contributed by atoms with Crippen LogP contribution >= 0.6 is 0 Å². The lowest BCUT2D eigenvalue weighted by Gasteiger charge is -2.42. The van der Waals surface area contributed by atoms with Crippen molar-refractivity contribution in [3.63, 3.8) is 0 Å². The van der Waals surface area contributed by atoms with Crippen molar-refractivity contribution in [1.29, 1.82) is 0 Å². The zero-order chi connectivity index (χ0) is 25.4. The Hall–Kier alpha value is -3.76. The molecule has 3 aromatic rings. The van der Waals surface area contributed by atoms with E-state index in [-0.39, 0.29) is 18.0 Å². The van der Waals surface area contributed by atoms with Crippen molar-refractivity contribution in [2.45, 2.75) is 38.3 Å². The van der Waals surface area contributed by atoms with Crippen LogP contribution < -0.4 is 4.74 Å². The first kappa shape index (κ1) is 24.0. The molecule has 186 valence electrons. The number of rotatable bonds is 8. The van der Waals surface area contributed by atoms with E-state index in [1.165, 1.54) is 4.90 Å². The summed E-state index contributed by atoms with van der Waals surface area (Å²) in [6, 6.07) is 15.6. The van der Waals surface area contributed by atoms with Gasteiger partial charge in [-0.25, -0.2) is 4.79 Å². The summed E-state index contributed by atoms with van der Waals surface area (Å²) >= 11 is 0. The molecule has 3 amide bonds. The maximum Gasteiger partial charge on any atom is 0.328 e. The molecule has 2 atom stereocenters. The number of carbonyl (C=O) groups is 2. The van der Waals surface area contributed by atoms with Crippen LogP contribution in [-0.4, -0.2) is 70.4 Å². The topological polar surface area (TPSA) is 68.9 Å². The number of H-pyrrole nitrogens is 1. The molecule has 2 aliphatic heterocycles. The molecule has 1 unspecified atom stereocenters. The fraction of sp³-hybridized carbons (Fsp3) is 0.379. The van der Waals surface area contributed by atoms with Crippen LogP contribution in [0, 0.1) is 12.3 Å². The molecule has 1 N–H and O–H groups in total. The molecule has 5 rings (SSSR count). The highest BCUT2D eigenvalue weighted by molar-refractivity contribution is 6.08. The number of urea groups is 1. The predicted molar refractivity (Wildman–Crippen MR) is 140 cm³/mol. The summed E-state index contributed by atoms with van der Waals surface area (Å²) in [5, 5.41) is 1.04. The van der Waals surface area contributed by atoms with Gasteiger partial charge in [0, 0.05) is 36.1 Å². The van der Waals surface area contributed by atoms with Crippen LogP contribution in [0.3, 0.4) is 0 Å². The van der Waals surface area contributed by atoms with Crippen LogP contribution in [0.2, 0.25) is 0 Å². The molecule has 1 aromatic heterocycles. The lowest BCUT2D eigenvalue weighted by molar-refractivity contribution is -0.133. The number of amides is 3. The molecular formula is C29H32N4O3. The molecule has 36 heavy (non-hydrogen) atoms. The summed E-state index contributed by atoms with van der Waals surface area (Å²) in [5.41, 5.74) is 3.20. The Morgan fingerprint density at radius 3 is 2.72 bits per heavy atom. The maximum atomic E-state index is 13.8. The van der Waals surface area contributed by atoms with Crippen molar-refractivity contribution in [2.24, 2.45) is 0 Å². The minimum atomic E-state index is -0.967. The number of aromatic amines is 1. The molecular weight excluding hydrogens is 452 g/mol. The number of nitrogens with zero attached hydrogens (tertiary/aromatic N) is 3. The zero-order valence-electron chi connectivity index (χ0n) is 21.1. The Morgan fingerprint density at radius 1 is 1.22 bits per heavy atom. The highest BCUT2D eigenvalue weighted by Crippen LogP contribution is 2.47. The van der Waals surface area contributed by atoms with Gasteiger partial charge in [-0.05, 0) is 56.6 Å². The number of imide groups is 1. The van der Waals surface area contributed by atoms with E-state index in [9.17, 15) is 9.59 Å². The summed E-state index contributed by atoms with van der Waals surface area (Å²) < 4.78 is 5.77. The predicted octanol–water partition coefficient (Wildman–Crippen LogP) is 3.99. The van der Waals surface area contributed by atoms with Gasteiger partial charge >= 0.3 is 6.03 Å². The molecule has 7 heteroatoms. The number of hydrogen-bond acceptors (Lipinski definition) is 4. The average molecular weight is 485 g/mol. The minimum Gasteiger partial charge on any atom is -0.494 e. The molecule has 0 saturated carbocycles. The summed E-state index contributed by atoms with van der Waals surface area (Å²) in [7, 11) is 1.89. The summed E-state index contributed by atoms with van der Waals surface area (Å²) in [4.78, 5) is 36.4. The maximum absolute atomic E-state index is 13.8. The van der Waals surface area contributed by atoms with Crippen LogP contribution in [0.5, 0.6) is 5.75 Å². The number of ether oxygens (including phenoxy) is 1. The summed E-state index contributed by atoms with van der Waals surface area (Å²) in [6.07, 6.45) is 6.49. The molecule has 0 spiro atoms. The second-order valence-corrected chi connectivity index (χ2v) is 9.87. The van der Waals surface area contributed by atoms with Gasteiger partial charge in [0.05, 0.1) is 19.2 Å². The Balaban J connectivity index is 1.58. The van der Waals surface area contributed by atoms with E-state index in [0.717, 1.165) is 33.5 Å². The number of nitrogens with one attached hydrogen (secondary N) is 1. The van der Waals surface area contributed by atoms with Gasteiger partial charge < -0.3 is 14.6 Å². The first-order valence-electron chi connectivity index (χ1n) is 12.5. The van der Waals surface area contributed by atoms with Crippen molar-refractivity contribution in [3.8, 4) is 18.1 Å². The van der Waals surface area contributed by atoms with E-state index in [4.69, 9.17) is 11.2 Å². The van der Waals surface area contributed by atoms with Crippen LogP contribution in [-0.2, 0) is 17.6 Å². The van der Waals surface area contributed by atoms with Crippen molar-refractivity contribution < 1.29 is 14.3 Å². The molecule has 2 aliphatic rings. The van der Waals surface area contributed by atoms with Gasteiger partial charge in [0.25, 0.3) is 5.91 Å². The van der Waals surface area contributed by atoms with Crippen LogP contribution in [0.15, 0.2) is 48.5 Å². The van der Waals surface area contributed by atoms with Crippen LogP contribution in [0.1, 0.15) is 36.7 Å². The Labute approximate surface area is 212 Å². The Kier molecular flexibility index (Phi) is 6.23. The van der Waals surface area contributed by atoms with Crippen LogP contribution in [0.4, 0.5) is 4.79 Å². The van der Waals surface area contributed by atoms with Gasteiger partial charge in [0.15, 0.2) is 0 Å². The molecule has 2 aromatic carbocycles. The van der Waals surface area contributed by atoms with Crippen molar-refractivity contribution in [1.82, 2.24) is 19.7 Å². The van der Waals surface area contributed by atoms with Crippen molar-refractivity contribution in [2.75, 3.05) is 33.3 Å². The number of aromatic nitrogens is 1. The van der Waals surface area contributed by atoms with E-state index >= 15 is 0 Å². The van der Waals surface area contributed by atoms with Crippen molar-refractivity contribution in [3.05, 3.63) is 65.4 Å². The minimum absolute atomic E-state index is 0.152. The first-order valence-corrected chi connectivity index (χ1v) is 12.5. The molecule has 1 fully saturated rings. The number of likely N-dealkylation sites (N-methyl/N-ethyl adjacent to an activating group) is 1. The average Bonchev–Trinajstić information content (AvgIpc) is 3.31. The van der Waals surface area contributed by atoms with E-state index in [1.54, 1.807) is 0 Å². The van der Waals surface area contributed by atoms with Gasteiger partial charge in [0.2, 0.25) is 0 Å². The second-order valence-electron chi connectivity index (χ2n) is 9.87. The highest BCUT2D eigenvalue weighted by Gasteiger charge is 2.59. The molecule has 0 radical (unpaired) electrons. The smallest absolute Gasteiger partial charge is 0.328 e. The Bertz CT molecular complexity index is 1340. The van der Waals surface area contributed by atoms with Crippen LogP contribution in [0.25, 0.3) is 10.9 Å². The third-order valence-electron chi connectivity index (χ3n) is 7.40. The zero-order valence-corrected chi connectivity index (χ0v) is 21.1. The normalized spacial score (nSPS) is 21.1. The van der Waals surface area contributed by atoms with Gasteiger partial charge in [-0.15, -0.1) is 6.42 Å². The third-order valence-corrected chi connectivity index (χ3v) is 7.40. The quantitative estimate of drug-likeness (QED) is 0.388. The molecule has 0 aliphatic carbocycles. The monoisotopic (exact) mass is 484 g/mol. The fourth-order valence-electron chi connectivity index (χ4n) is 5.65. The van der Waals surface area contributed by atoms with E-state index in [0.29, 0.717) is 39.1 Å². The van der Waals surface area contributed by atoms with Gasteiger partial charge in [0.1, 0.15) is 11.3 Å². The number of carbonyl (C=O) groups excluding carboxylic acids is 2. The highest BCUT2D eigenvalue weighted by atomic mass is 16.5. The number of fused-ring (bicyclic) bond motifs is 4. The number of benzene rings is 2. The Morgan fingerprint density at radius 2 is 2.00 bits per heavy atom. The van der Waals surface area contributed by atoms with E-state index < -0.39 is 5.54 Å². The van der Waals surface area contributed by atoms with Gasteiger partial charge in [-0.1, -0.05) is 36.3 Å². The second kappa shape index (κ2) is 9.36. The fourth-order valence-corrected chi connectivity index (χ4v) is 5.65. The third kappa shape index (κ3) is 3.92. The van der Waals surface area contributed by atoms with E-state index in [1.807, 2.05) is 67.1 Å². The van der Waals surface area contributed by atoms with Gasteiger partial charge in [-0.2, -0.15) is 0 Å². The van der Waals surface area contributed by atoms with E-state index in [2.05, 4.69) is 23.0 Å². The standard InChI is InChI=1S/C29H32N4O3/c1-5-14-31(4)15-16-32-27(34)29(3)19-23-22-18-21(36-6-2)12-13-24(22)30-26(23)25(33(29)28(32)35)17-20-10-8-7-9-11-20/h1,7-13,18,25,30H,6,14-17,19H2,2-4H3/t25?,29-/m0/s1. The molecule has 1 saturated heterocycles. The van der Waals surface area contributed by atoms with Crippen molar-refractivity contribution >= 4 is 22.8 Å². The summed E-state index contributed by atoms with van der Waals surface area (Å²) in [6.45, 7) is 5.75. The summed E-state index contributed by atoms with van der Waals surface area (Å²) in [5.74, 6) is 3.25. The SMILES string of the molecule is C#CCN(C)CCN1C(=O)N2C(Cc3ccccc3)c3[nH]c4ccc(OCC)cc4c3C[C@@]2(C)C1=O. The lowest BCUT2D eigenvalue weighted by Crippen LogP contribution is -2.53. The number of terminal acetylenes is 1.